The molecule has 0 aliphatic carbocycles. The molecule has 5 heteroatoms. The lowest BCUT2D eigenvalue weighted by Gasteiger charge is -2.07. The van der Waals surface area contributed by atoms with Gasteiger partial charge in [-0.15, -0.1) is 0 Å². The van der Waals surface area contributed by atoms with E-state index in [9.17, 15) is 9.59 Å². The lowest BCUT2D eigenvalue weighted by atomic mass is 10.1. The second kappa shape index (κ2) is 6.49. The van der Waals surface area contributed by atoms with Crippen molar-refractivity contribution in [3.63, 3.8) is 0 Å². The van der Waals surface area contributed by atoms with E-state index in [4.69, 9.17) is 5.73 Å². The number of rotatable bonds is 5. The van der Waals surface area contributed by atoms with Crippen LogP contribution in [-0.2, 0) is 11.3 Å². The molecule has 102 valence electrons. The van der Waals surface area contributed by atoms with Crippen LogP contribution in [0.3, 0.4) is 0 Å². The van der Waals surface area contributed by atoms with Crippen molar-refractivity contribution < 1.29 is 9.59 Å². The molecule has 5 nitrogen and oxygen atoms in total. The van der Waals surface area contributed by atoms with Gasteiger partial charge in [-0.1, -0.05) is 12.1 Å². The molecule has 0 radical (unpaired) electrons. The van der Waals surface area contributed by atoms with Gasteiger partial charge in [-0.05, 0) is 42.0 Å². The number of hydrogen-bond acceptors (Lipinski definition) is 3. The Bertz CT molecular complexity index is 609. The Kier molecular flexibility index (Phi) is 4.47. The van der Waals surface area contributed by atoms with Gasteiger partial charge in [-0.2, -0.15) is 0 Å². The Morgan fingerprint density at radius 1 is 1.10 bits per heavy atom. The van der Waals surface area contributed by atoms with Crippen molar-refractivity contribution in [3.05, 3.63) is 59.7 Å². The van der Waals surface area contributed by atoms with Crippen molar-refractivity contribution in [2.75, 3.05) is 10.6 Å². The number of anilines is 2. The molecule has 20 heavy (non-hydrogen) atoms. The van der Waals surface area contributed by atoms with Crippen LogP contribution in [0.5, 0.6) is 0 Å². The highest BCUT2D eigenvalue weighted by Gasteiger charge is 2.06. The van der Waals surface area contributed by atoms with Crippen LogP contribution in [0.2, 0.25) is 0 Å². The van der Waals surface area contributed by atoms with E-state index in [1.165, 1.54) is 0 Å². The minimum absolute atomic E-state index is 0.198. The second-order valence-corrected chi connectivity index (χ2v) is 4.20. The van der Waals surface area contributed by atoms with Crippen molar-refractivity contribution in [2.24, 2.45) is 5.73 Å². The number of hydrogen-bond donors (Lipinski definition) is 3. The summed E-state index contributed by atoms with van der Waals surface area (Å²) in [7, 11) is 0. The molecule has 0 aliphatic heterocycles. The zero-order chi connectivity index (χ0) is 14.4. The minimum Gasteiger partial charge on any atom is -0.329 e. The largest absolute Gasteiger partial charge is 0.329 e. The summed E-state index contributed by atoms with van der Waals surface area (Å²) < 4.78 is 0. The highest BCUT2D eigenvalue weighted by Crippen LogP contribution is 2.14. The van der Waals surface area contributed by atoms with Gasteiger partial charge in [0.25, 0.3) is 5.91 Å². The molecule has 0 bridgehead atoms. The van der Waals surface area contributed by atoms with Gasteiger partial charge in [-0.25, -0.2) is 0 Å². The lowest BCUT2D eigenvalue weighted by molar-refractivity contribution is -0.105. The summed E-state index contributed by atoms with van der Waals surface area (Å²) in [5, 5.41) is 5.31. The molecular formula is C15H15N3O2. The van der Waals surface area contributed by atoms with E-state index in [-0.39, 0.29) is 5.91 Å². The SMILES string of the molecule is NCc1cccc(C(=O)Nc2ccc(NC=O)cc2)c1. The van der Waals surface area contributed by atoms with Crippen LogP contribution in [0, 0.1) is 0 Å². The molecule has 2 aromatic rings. The molecule has 0 fully saturated rings. The molecule has 0 saturated carbocycles. The number of carbonyl (C=O) groups excluding carboxylic acids is 2. The first kappa shape index (κ1) is 13.8. The highest BCUT2D eigenvalue weighted by atomic mass is 16.1. The molecule has 2 aromatic carbocycles. The van der Waals surface area contributed by atoms with E-state index < -0.39 is 0 Å². The van der Waals surface area contributed by atoms with Crippen LogP contribution in [0.1, 0.15) is 15.9 Å². The maximum Gasteiger partial charge on any atom is 0.255 e. The van der Waals surface area contributed by atoms with Crippen molar-refractivity contribution in [2.45, 2.75) is 6.54 Å². The summed E-state index contributed by atoms with van der Waals surface area (Å²) in [4.78, 5) is 22.4. The first-order valence-electron chi connectivity index (χ1n) is 6.13. The van der Waals surface area contributed by atoms with Crippen molar-refractivity contribution in [3.8, 4) is 0 Å². The van der Waals surface area contributed by atoms with Gasteiger partial charge < -0.3 is 16.4 Å². The Morgan fingerprint density at radius 2 is 1.80 bits per heavy atom. The predicted octanol–water partition coefficient (Wildman–Crippen LogP) is 1.97. The molecule has 0 unspecified atom stereocenters. The van der Waals surface area contributed by atoms with Gasteiger partial charge in [0.1, 0.15) is 0 Å². The van der Waals surface area contributed by atoms with E-state index in [0.717, 1.165) is 5.56 Å². The molecule has 2 rings (SSSR count). The van der Waals surface area contributed by atoms with Crippen molar-refractivity contribution >= 4 is 23.7 Å². The van der Waals surface area contributed by atoms with Crippen molar-refractivity contribution in [1.29, 1.82) is 0 Å². The number of benzene rings is 2. The normalized spacial score (nSPS) is 9.85. The smallest absolute Gasteiger partial charge is 0.255 e. The molecule has 2 amide bonds. The summed E-state index contributed by atoms with van der Waals surface area (Å²) in [6, 6.07) is 14.0. The third-order valence-corrected chi connectivity index (χ3v) is 2.79. The average Bonchev–Trinajstić information content (AvgIpc) is 2.49. The van der Waals surface area contributed by atoms with Crippen molar-refractivity contribution in [1.82, 2.24) is 0 Å². The molecule has 0 atom stereocenters. The summed E-state index contributed by atoms with van der Waals surface area (Å²) >= 11 is 0. The van der Waals surface area contributed by atoms with Crippen LogP contribution >= 0.6 is 0 Å². The Hall–Kier alpha value is -2.66. The molecule has 0 heterocycles. The Labute approximate surface area is 116 Å². The number of amides is 2. The topological polar surface area (TPSA) is 84.2 Å². The van der Waals surface area contributed by atoms with E-state index in [2.05, 4.69) is 10.6 Å². The molecule has 0 aromatic heterocycles. The Balaban J connectivity index is 2.08. The number of nitrogens with one attached hydrogen (secondary N) is 2. The maximum absolute atomic E-state index is 12.1. The van der Waals surface area contributed by atoms with Crippen LogP contribution in [-0.4, -0.2) is 12.3 Å². The summed E-state index contributed by atoms with van der Waals surface area (Å²) in [5.74, 6) is -0.198. The maximum atomic E-state index is 12.1. The fourth-order valence-corrected chi connectivity index (χ4v) is 1.76. The van der Waals surface area contributed by atoms with E-state index in [1.54, 1.807) is 42.5 Å². The first-order chi connectivity index (χ1) is 9.72. The van der Waals surface area contributed by atoms with Gasteiger partial charge in [0.2, 0.25) is 6.41 Å². The van der Waals surface area contributed by atoms with E-state index in [1.807, 2.05) is 6.07 Å². The fraction of sp³-hybridized carbons (Fsp3) is 0.0667. The zero-order valence-electron chi connectivity index (χ0n) is 10.8. The number of carbonyl (C=O) groups is 2. The van der Waals surface area contributed by atoms with Crippen LogP contribution in [0.4, 0.5) is 11.4 Å². The predicted molar refractivity (Wildman–Crippen MR) is 78.4 cm³/mol. The second-order valence-electron chi connectivity index (χ2n) is 4.20. The lowest BCUT2D eigenvalue weighted by Crippen LogP contribution is -2.12. The monoisotopic (exact) mass is 269 g/mol. The molecule has 0 spiro atoms. The molecule has 0 saturated heterocycles. The van der Waals surface area contributed by atoms with Gasteiger partial charge in [0.05, 0.1) is 0 Å². The van der Waals surface area contributed by atoms with Gasteiger partial charge >= 0.3 is 0 Å². The number of nitrogens with two attached hydrogens (primary N) is 1. The molecule has 4 N–H and O–H groups in total. The third-order valence-electron chi connectivity index (χ3n) is 2.79. The quantitative estimate of drug-likeness (QED) is 0.725. The van der Waals surface area contributed by atoms with Crippen LogP contribution in [0.25, 0.3) is 0 Å². The minimum atomic E-state index is -0.198. The van der Waals surface area contributed by atoms with Gasteiger partial charge in [-0.3, -0.25) is 9.59 Å². The fourth-order valence-electron chi connectivity index (χ4n) is 1.76. The third kappa shape index (κ3) is 3.43. The van der Waals surface area contributed by atoms with Gasteiger partial charge in [0.15, 0.2) is 0 Å². The van der Waals surface area contributed by atoms with Crippen LogP contribution in [0.15, 0.2) is 48.5 Å². The zero-order valence-corrected chi connectivity index (χ0v) is 10.8. The summed E-state index contributed by atoms with van der Waals surface area (Å²) in [5.41, 5.74) is 8.34. The standard InChI is InChI=1S/C15H15N3O2/c16-9-11-2-1-3-12(8-11)15(20)18-14-6-4-13(5-7-14)17-10-19/h1-8,10H,9,16H2,(H,17,19)(H,18,20). The van der Waals surface area contributed by atoms with Gasteiger partial charge in [0, 0.05) is 23.5 Å². The average molecular weight is 269 g/mol. The van der Waals surface area contributed by atoms with E-state index >= 15 is 0 Å². The van der Waals surface area contributed by atoms with E-state index in [0.29, 0.717) is 29.9 Å². The van der Waals surface area contributed by atoms with Crippen LogP contribution < -0.4 is 16.4 Å². The first-order valence-corrected chi connectivity index (χ1v) is 6.13. The highest BCUT2D eigenvalue weighted by molar-refractivity contribution is 6.04. The Morgan fingerprint density at radius 3 is 2.45 bits per heavy atom. The summed E-state index contributed by atoms with van der Waals surface area (Å²) in [6.07, 6.45) is 0.603. The molecular weight excluding hydrogens is 254 g/mol. The summed E-state index contributed by atoms with van der Waals surface area (Å²) in [6.45, 7) is 0.396. The molecule has 0 aliphatic rings.